The summed E-state index contributed by atoms with van der Waals surface area (Å²) in [6, 6.07) is 13.5. The molecule has 0 aliphatic carbocycles. The van der Waals surface area contributed by atoms with Crippen molar-refractivity contribution in [3.8, 4) is 11.5 Å². The van der Waals surface area contributed by atoms with Gasteiger partial charge >= 0.3 is 0 Å². The van der Waals surface area contributed by atoms with Crippen molar-refractivity contribution in [3.05, 3.63) is 59.4 Å². The van der Waals surface area contributed by atoms with Gasteiger partial charge in [0.1, 0.15) is 5.82 Å². The second kappa shape index (κ2) is 8.54. The molecule has 1 aliphatic rings. The van der Waals surface area contributed by atoms with Crippen molar-refractivity contribution in [3.63, 3.8) is 0 Å². The van der Waals surface area contributed by atoms with Crippen LogP contribution in [0.3, 0.4) is 0 Å². The summed E-state index contributed by atoms with van der Waals surface area (Å²) in [6.45, 7) is 8.53. The van der Waals surface area contributed by atoms with E-state index in [0.29, 0.717) is 12.6 Å². The third kappa shape index (κ3) is 4.55. The highest BCUT2D eigenvalue weighted by Gasteiger charge is 2.26. The minimum absolute atomic E-state index is 0.112. The minimum Gasteiger partial charge on any atom is -0.490 e. The van der Waals surface area contributed by atoms with Gasteiger partial charge in [0.25, 0.3) is 0 Å². The monoisotopic (exact) mass is 357 g/mol. The molecule has 1 saturated heterocycles. The Hall–Kier alpha value is -2.07. The second-order valence-corrected chi connectivity index (χ2v) is 7.06. The average molecular weight is 357 g/mol. The average Bonchev–Trinajstić information content (AvgIpc) is 3.06. The summed E-state index contributed by atoms with van der Waals surface area (Å²) in [5, 5.41) is 0. The van der Waals surface area contributed by atoms with Crippen molar-refractivity contribution in [2.75, 3.05) is 13.2 Å². The molecule has 26 heavy (non-hydrogen) atoms. The Morgan fingerprint density at radius 3 is 2.58 bits per heavy atom. The Labute approximate surface area is 155 Å². The first kappa shape index (κ1) is 18.7. The molecule has 2 aromatic rings. The summed E-state index contributed by atoms with van der Waals surface area (Å²) in [4.78, 5) is 2.46. The molecule has 0 spiro atoms. The van der Waals surface area contributed by atoms with Crippen molar-refractivity contribution in [1.82, 2.24) is 4.90 Å². The first-order chi connectivity index (χ1) is 12.6. The topological polar surface area (TPSA) is 21.7 Å². The first-order valence-electron chi connectivity index (χ1n) is 9.48. The van der Waals surface area contributed by atoms with Gasteiger partial charge in [-0.15, -0.1) is 0 Å². The Morgan fingerprint density at radius 2 is 1.88 bits per heavy atom. The molecule has 1 atom stereocenters. The zero-order chi connectivity index (χ0) is 18.5. The van der Waals surface area contributed by atoms with Crippen LogP contribution in [0.25, 0.3) is 0 Å². The van der Waals surface area contributed by atoms with E-state index in [0.717, 1.165) is 37.4 Å². The Balaban J connectivity index is 1.76. The van der Waals surface area contributed by atoms with Crippen LogP contribution in [0, 0.1) is 5.82 Å². The molecule has 0 radical (unpaired) electrons. The lowest BCUT2D eigenvalue weighted by molar-refractivity contribution is 0.222. The Kier molecular flexibility index (Phi) is 6.15. The fraction of sp³-hybridized carbons (Fsp3) is 0.455. The third-order valence-corrected chi connectivity index (χ3v) is 4.67. The largest absolute Gasteiger partial charge is 0.490 e. The van der Waals surface area contributed by atoms with Crippen molar-refractivity contribution in [2.45, 2.75) is 52.3 Å². The maximum atomic E-state index is 13.2. The molecular formula is C22H28FNO2. The van der Waals surface area contributed by atoms with Gasteiger partial charge in [0.05, 0.1) is 12.7 Å². The van der Waals surface area contributed by atoms with E-state index in [9.17, 15) is 4.39 Å². The van der Waals surface area contributed by atoms with Gasteiger partial charge in [0.15, 0.2) is 11.5 Å². The fourth-order valence-electron chi connectivity index (χ4n) is 3.58. The van der Waals surface area contributed by atoms with Gasteiger partial charge in [-0.25, -0.2) is 4.39 Å². The quantitative estimate of drug-likeness (QED) is 0.667. The lowest BCUT2D eigenvalue weighted by Crippen LogP contribution is -2.22. The van der Waals surface area contributed by atoms with Crippen LogP contribution in [0.4, 0.5) is 4.39 Å². The second-order valence-electron chi connectivity index (χ2n) is 7.06. The molecule has 4 heteroatoms. The number of nitrogens with zero attached hydrogens (tertiary/aromatic N) is 1. The van der Waals surface area contributed by atoms with Gasteiger partial charge in [-0.3, -0.25) is 4.90 Å². The molecule has 2 aromatic carbocycles. The van der Waals surface area contributed by atoms with Gasteiger partial charge < -0.3 is 9.47 Å². The van der Waals surface area contributed by atoms with Crippen molar-refractivity contribution in [1.29, 1.82) is 0 Å². The zero-order valence-electron chi connectivity index (χ0n) is 15.9. The van der Waals surface area contributed by atoms with E-state index in [1.165, 1.54) is 11.1 Å². The molecule has 1 heterocycles. The summed E-state index contributed by atoms with van der Waals surface area (Å²) < 4.78 is 24.9. The molecule has 0 amide bonds. The van der Waals surface area contributed by atoms with Crippen LogP contribution >= 0.6 is 0 Å². The molecule has 140 valence electrons. The first-order valence-corrected chi connectivity index (χ1v) is 9.48. The summed E-state index contributed by atoms with van der Waals surface area (Å²) in [5.41, 5.74) is 2.40. The van der Waals surface area contributed by atoms with E-state index >= 15 is 0 Å². The van der Waals surface area contributed by atoms with Gasteiger partial charge in [0.2, 0.25) is 0 Å². The highest BCUT2D eigenvalue weighted by molar-refractivity contribution is 5.43. The third-order valence-electron chi connectivity index (χ3n) is 4.67. The van der Waals surface area contributed by atoms with Gasteiger partial charge in [-0.1, -0.05) is 18.2 Å². The van der Waals surface area contributed by atoms with E-state index in [4.69, 9.17) is 9.47 Å². The smallest absolute Gasteiger partial charge is 0.161 e. The standard InChI is InChI=1S/C22H28FNO2/c1-4-25-22-14-17(7-12-21(22)26-16(2)3)15-24-13-5-6-20(24)18-8-10-19(23)11-9-18/h7-12,14,16,20H,4-6,13,15H2,1-3H3/t20-/m1/s1. The minimum atomic E-state index is -0.180. The molecule has 0 saturated carbocycles. The number of hydrogen-bond acceptors (Lipinski definition) is 3. The van der Waals surface area contributed by atoms with E-state index in [2.05, 4.69) is 17.0 Å². The Bertz CT molecular complexity index is 715. The molecule has 1 fully saturated rings. The van der Waals surface area contributed by atoms with Crippen LogP contribution in [-0.4, -0.2) is 24.2 Å². The summed E-state index contributed by atoms with van der Waals surface area (Å²) in [6.07, 6.45) is 2.38. The van der Waals surface area contributed by atoms with E-state index < -0.39 is 0 Å². The summed E-state index contributed by atoms with van der Waals surface area (Å²) in [7, 11) is 0. The van der Waals surface area contributed by atoms with Crippen molar-refractivity contribution < 1.29 is 13.9 Å². The number of likely N-dealkylation sites (tertiary alicyclic amines) is 1. The van der Waals surface area contributed by atoms with Crippen LogP contribution in [0.2, 0.25) is 0 Å². The highest BCUT2D eigenvalue weighted by atomic mass is 19.1. The van der Waals surface area contributed by atoms with Crippen LogP contribution in [0.5, 0.6) is 11.5 Å². The van der Waals surface area contributed by atoms with Gasteiger partial charge in [-0.05, 0) is 75.5 Å². The van der Waals surface area contributed by atoms with Crippen molar-refractivity contribution in [2.24, 2.45) is 0 Å². The van der Waals surface area contributed by atoms with E-state index in [1.807, 2.05) is 39.0 Å². The molecular weight excluding hydrogens is 329 g/mol. The molecule has 0 N–H and O–H groups in total. The fourth-order valence-corrected chi connectivity index (χ4v) is 3.58. The number of benzene rings is 2. The van der Waals surface area contributed by atoms with Crippen LogP contribution in [-0.2, 0) is 6.54 Å². The van der Waals surface area contributed by atoms with E-state index in [-0.39, 0.29) is 11.9 Å². The molecule has 0 aromatic heterocycles. The molecule has 0 unspecified atom stereocenters. The predicted molar refractivity (Wildman–Crippen MR) is 102 cm³/mol. The lowest BCUT2D eigenvalue weighted by Gasteiger charge is -2.25. The van der Waals surface area contributed by atoms with Crippen LogP contribution in [0.15, 0.2) is 42.5 Å². The van der Waals surface area contributed by atoms with Gasteiger partial charge in [0, 0.05) is 12.6 Å². The maximum Gasteiger partial charge on any atom is 0.161 e. The molecule has 0 bridgehead atoms. The highest BCUT2D eigenvalue weighted by Crippen LogP contribution is 2.35. The predicted octanol–water partition coefficient (Wildman–Crippen LogP) is 5.35. The number of hydrogen-bond donors (Lipinski definition) is 0. The molecule has 3 rings (SSSR count). The van der Waals surface area contributed by atoms with Crippen LogP contribution < -0.4 is 9.47 Å². The summed E-state index contributed by atoms with van der Waals surface area (Å²) in [5.74, 6) is 1.42. The normalized spacial score (nSPS) is 17.7. The van der Waals surface area contributed by atoms with Gasteiger partial charge in [-0.2, -0.15) is 0 Å². The Morgan fingerprint density at radius 1 is 1.12 bits per heavy atom. The lowest BCUT2D eigenvalue weighted by atomic mass is 10.0. The zero-order valence-corrected chi connectivity index (χ0v) is 15.9. The summed E-state index contributed by atoms with van der Waals surface area (Å²) >= 11 is 0. The van der Waals surface area contributed by atoms with E-state index in [1.54, 1.807) is 12.1 Å². The number of rotatable bonds is 7. The maximum absolute atomic E-state index is 13.2. The number of halogens is 1. The van der Waals surface area contributed by atoms with Crippen LogP contribution in [0.1, 0.15) is 50.8 Å². The SMILES string of the molecule is CCOc1cc(CN2CCC[C@@H]2c2ccc(F)cc2)ccc1OC(C)C. The number of ether oxygens (including phenoxy) is 2. The molecule has 1 aliphatic heterocycles. The van der Waals surface area contributed by atoms with Crippen molar-refractivity contribution >= 4 is 0 Å². The molecule has 3 nitrogen and oxygen atoms in total.